The van der Waals surface area contributed by atoms with E-state index in [9.17, 15) is 9.18 Å². The highest BCUT2D eigenvalue weighted by Gasteiger charge is 2.14. The van der Waals surface area contributed by atoms with Crippen molar-refractivity contribution >= 4 is 17.4 Å². The van der Waals surface area contributed by atoms with Gasteiger partial charge in [-0.15, -0.1) is 5.10 Å². The number of hydrogen-bond donors (Lipinski definition) is 2. The minimum absolute atomic E-state index is 0.0338. The molecule has 96 valence electrons. The van der Waals surface area contributed by atoms with Gasteiger partial charge in [0.15, 0.2) is 5.16 Å². The number of nitrogens with one attached hydrogen (secondary N) is 1. The first-order valence-electron chi connectivity index (χ1n) is 5.39. The van der Waals surface area contributed by atoms with Crippen LogP contribution in [0.2, 0.25) is 0 Å². The summed E-state index contributed by atoms with van der Waals surface area (Å²) in [5, 5.41) is 6.75. The highest BCUT2D eigenvalue weighted by Crippen LogP contribution is 2.32. The van der Waals surface area contributed by atoms with Crippen molar-refractivity contribution in [1.82, 2.24) is 14.8 Å². The minimum atomic E-state index is -0.478. The summed E-state index contributed by atoms with van der Waals surface area (Å²) < 4.78 is 14.8. The molecule has 0 atom stereocenters. The van der Waals surface area contributed by atoms with Crippen LogP contribution >= 0.6 is 11.8 Å². The van der Waals surface area contributed by atoms with Gasteiger partial charge in [0.2, 0.25) is 0 Å². The molecular formula is C11H13FN4OS. The normalized spacial score (nSPS) is 11.1. The van der Waals surface area contributed by atoms with Crippen molar-refractivity contribution in [2.24, 2.45) is 0 Å². The van der Waals surface area contributed by atoms with Crippen molar-refractivity contribution in [3.63, 3.8) is 0 Å². The monoisotopic (exact) mass is 268 g/mol. The van der Waals surface area contributed by atoms with Crippen molar-refractivity contribution in [2.75, 3.05) is 5.73 Å². The second-order valence-electron chi connectivity index (χ2n) is 4.03. The first-order chi connectivity index (χ1) is 8.50. The number of aromatic nitrogens is 3. The van der Waals surface area contributed by atoms with Crippen LogP contribution < -0.4 is 11.4 Å². The zero-order valence-corrected chi connectivity index (χ0v) is 10.8. The van der Waals surface area contributed by atoms with Gasteiger partial charge in [-0.2, -0.15) is 0 Å². The lowest BCUT2D eigenvalue weighted by Gasteiger charge is -2.09. The van der Waals surface area contributed by atoms with E-state index >= 15 is 0 Å². The van der Waals surface area contributed by atoms with Gasteiger partial charge in [-0.1, -0.05) is 6.07 Å². The standard InChI is InChI=1S/C11H13FN4OS/c1-6(2)16-10(17)14-15-11(16)18-8-5-3-4-7(12)9(8)13/h3-6H,13H2,1-2H3,(H,14,17). The Kier molecular flexibility index (Phi) is 3.42. The molecule has 0 saturated carbocycles. The Morgan fingerprint density at radius 3 is 2.89 bits per heavy atom. The van der Waals surface area contributed by atoms with Gasteiger partial charge in [-0.3, -0.25) is 4.57 Å². The van der Waals surface area contributed by atoms with Gasteiger partial charge in [-0.05, 0) is 37.7 Å². The average molecular weight is 268 g/mol. The Morgan fingerprint density at radius 1 is 1.50 bits per heavy atom. The maximum Gasteiger partial charge on any atom is 0.344 e. The first-order valence-corrected chi connectivity index (χ1v) is 6.21. The Labute approximate surface area is 107 Å². The molecular weight excluding hydrogens is 255 g/mol. The number of nitrogens with zero attached hydrogens (tertiary/aromatic N) is 2. The van der Waals surface area contributed by atoms with E-state index in [1.165, 1.54) is 10.6 Å². The van der Waals surface area contributed by atoms with Crippen LogP contribution in [0.25, 0.3) is 0 Å². The van der Waals surface area contributed by atoms with E-state index in [1.807, 2.05) is 13.8 Å². The van der Waals surface area contributed by atoms with Crippen molar-refractivity contribution in [2.45, 2.75) is 29.9 Å². The molecule has 0 unspecified atom stereocenters. The molecule has 0 radical (unpaired) electrons. The van der Waals surface area contributed by atoms with Crippen molar-refractivity contribution in [1.29, 1.82) is 0 Å². The zero-order valence-electron chi connectivity index (χ0n) is 9.98. The molecule has 2 aromatic rings. The molecule has 1 aromatic heterocycles. The molecule has 2 rings (SSSR count). The highest BCUT2D eigenvalue weighted by molar-refractivity contribution is 7.99. The first kappa shape index (κ1) is 12.7. The van der Waals surface area contributed by atoms with Crippen molar-refractivity contribution in [3.05, 3.63) is 34.5 Å². The summed E-state index contributed by atoms with van der Waals surface area (Å²) in [6.45, 7) is 3.74. The summed E-state index contributed by atoms with van der Waals surface area (Å²) in [7, 11) is 0. The molecule has 5 nitrogen and oxygen atoms in total. The summed E-state index contributed by atoms with van der Waals surface area (Å²) in [4.78, 5) is 12.1. The summed E-state index contributed by atoms with van der Waals surface area (Å²) in [5.74, 6) is -0.478. The number of aromatic amines is 1. The second-order valence-corrected chi connectivity index (χ2v) is 5.04. The predicted molar refractivity (Wildman–Crippen MR) is 68.2 cm³/mol. The smallest absolute Gasteiger partial charge is 0.344 e. The number of rotatable bonds is 3. The second kappa shape index (κ2) is 4.85. The quantitative estimate of drug-likeness (QED) is 0.835. The third kappa shape index (κ3) is 2.26. The molecule has 0 saturated heterocycles. The van der Waals surface area contributed by atoms with E-state index in [1.54, 1.807) is 12.1 Å². The maximum absolute atomic E-state index is 13.3. The van der Waals surface area contributed by atoms with E-state index in [2.05, 4.69) is 10.2 Å². The summed E-state index contributed by atoms with van der Waals surface area (Å²) >= 11 is 1.16. The van der Waals surface area contributed by atoms with Gasteiger partial charge in [0, 0.05) is 10.9 Å². The minimum Gasteiger partial charge on any atom is -0.395 e. The lowest BCUT2D eigenvalue weighted by atomic mass is 10.3. The Bertz CT molecular complexity index is 620. The van der Waals surface area contributed by atoms with Gasteiger partial charge in [0.1, 0.15) is 5.82 Å². The lowest BCUT2D eigenvalue weighted by Crippen LogP contribution is -2.19. The van der Waals surface area contributed by atoms with Crippen LogP contribution in [0.5, 0.6) is 0 Å². The predicted octanol–water partition coefficient (Wildman–Crippen LogP) is 2.02. The molecule has 0 aliphatic rings. The van der Waals surface area contributed by atoms with Crippen molar-refractivity contribution in [3.8, 4) is 0 Å². The van der Waals surface area contributed by atoms with Crippen molar-refractivity contribution < 1.29 is 4.39 Å². The molecule has 0 spiro atoms. The fraction of sp³-hybridized carbons (Fsp3) is 0.273. The molecule has 0 fully saturated rings. The number of para-hydroxylation sites is 1. The number of H-pyrrole nitrogens is 1. The van der Waals surface area contributed by atoms with Crippen LogP contribution in [0.15, 0.2) is 33.0 Å². The average Bonchev–Trinajstić information content (AvgIpc) is 2.66. The topological polar surface area (TPSA) is 76.7 Å². The molecule has 0 aliphatic heterocycles. The maximum atomic E-state index is 13.3. The summed E-state index contributed by atoms with van der Waals surface area (Å²) in [6.07, 6.45) is 0. The zero-order chi connectivity index (χ0) is 13.3. The molecule has 0 aliphatic carbocycles. The van der Waals surface area contributed by atoms with Crippen LogP contribution in [-0.2, 0) is 0 Å². The molecule has 0 bridgehead atoms. The van der Waals surface area contributed by atoms with E-state index in [4.69, 9.17) is 5.73 Å². The van der Waals surface area contributed by atoms with Gasteiger partial charge >= 0.3 is 5.69 Å². The number of hydrogen-bond acceptors (Lipinski definition) is 4. The van der Waals surface area contributed by atoms with E-state index < -0.39 is 5.82 Å². The molecule has 7 heteroatoms. The van der Waals surface area contributed by atoms with E-state index in [0.29, 0.717) is 10.1 Å². The Hall–Kier alpha value is -1.76. The molecule has 18 heavy (non-hydrogen) atoms. The van der Waals surface area contributed by atoms with Gasteiger partial charge in [0.25, 0.3) is 0 Å². The largest absolute Gasteiger partial charge is 0.395 e. The van der Waals surface area contributed by atoms with Gasteiger partial charge in [-0.25, -0.2) is 14.3 Å². The van der Waals surface area contributed by atoms with E-state index in [0.717, 1.165) is 11.8 Å². The van der Waals surface area contributed by atoms with E-state index in [-0.39, 0.29) is 17.4 Å². The molecule has 0 amide bonds. The summed E-state index contributed by atoms with van der Waals surface area (Å²) in [6, 6.07) is 4.51. The van der Waals surface area contributed by atoms with Crippen LogP contribution in [-0.4, -0.2) is 14.8 Å². The fourth-order valence-corrected chi connectivity index (χ4v) is 2.56. The SMILES string of the molecule is CC(C)n1c(Sc2cccc(F)c2N)n[nH]c1=O. The third-order valence-electron chi connectivity index (χ3n) is 2.40. The number of benzene rings is 1. The van der Waals surface area contributed by atoms with Crippen LogP contribution in [0.3, 0.4) is 0 Å². The number of nitrogens with two attached hydrogens (primary N) is 1. The van der Waals surface area contributed by atoms with Crippen LogP contribution in [0.4, 0.5) is 10.1 Å². The number of halogens is 1. The third-order valence-corrected chi connectivity index (χ3v) is 3.45. The number of anilines is 1. The molecule has 3 N–H and O–H groups in total. The Balaban J connectivity index is 2.41. The molecule has 1 aromatic carbocycles. The van der Waals surface area contributed by atoms with Crippen LogP contribution in [0.1, 0.15) is 19.9 Å². The Morgan fingerprint density at radius 2 is 2.22 bits per heavy atom. The van der Waals surface area contributed by atoms with Gasteiger partial charge in [0.05, 0.1) is 5.69 Å². The number of nitrogen functional groups attached to an aromatic ring is 1. The molecule has 1 heterocycles. The van der Waals surface area contributed by atoms with Gasteiger partial charge < -0.3 is 5.73 Å². The lowest BCUT2D eigenvalue weighted by molar-refractivity contribution is 0.534. The highest BCUT2D eigenvalue weighted by atomic mass is 32.2. The summed E-state index contributed by atoms with van der Waals surface area (Å²) in [5.41, 5.74) is 5.42. The fourth-order valence-electron chi connectivity index (χ4n) is 1.52. The van der Waals surface area contributed by atoms with Crippen LogP contribution in [0, 0.1) is 5.82 Å².